The number of fused-ring (bicyclic) bond motifs is 3. The Labute approximate surface area is 231 Å². The Morgan fingerprint density at radius 3 is 2.50 bits per heavy atom. The molecule has 3 heterocycles. The highest BCUT2D eigenvalue weighted by molar-refractivity contribution is 6.05. The molecule has 204 valence electrons. The van der Waals surface area contributed by atoms with Gasteiger partial charge in [0.25, 0.3) is 5.91 Å². The molecule has 0 unspecified atom stereocenters. The van der Waals surface area contributed by atoms with E-state index in [1.807, 2.05) is 67.8 Å². The number of nitrogens with one attached hydrogen (secondary N) is 1. The predicted octanol–water partition coefficient (Wildman–Crippen LogP) is 5.32. The first-order chi connectivity index (χ1) is 19.1. The number of ether oxygens (including phenoxy) is 2. The summed E-state index contributed by atoms with van der Waals surface area (Å²) in [5.41, 5.74) is 0.563. The number of carbonyl (C=O) groups excluding carboxylic acids is 3. The lowest BCUT2D eigenvalue weighted by Crippen LogP contribution is -2.50. The van der Waals surface area contributed by atoms with Gasteiger partial charge in [0.05, 0.1) is 40.0 Å². The summed E-state index contributed by atoms with van der Waals surface area (Å²) in [4.78, 5) is 49.1. The summed E-state index contributed by atoms with van der Waals surface area (Å²) in [6.45, 7) is 7.62. The third-order valence-corrected chi connectivity index (χ3v) is 8.90. The Morgan fingerprint density at radius 1 is 1.05 bits per heavy atom. The van der Waals surface area contributed by atoms with E-state index in [0.29, 0.717) is 35.7 Å². The first-order valence-electron chi connectivity index (χ1n) is 13.4. The van der Waals surface area contributed by atoms with Gasteiger partial charge in [-0.15, -0.1) is 0 Å². The fourth-order valence-electron chi connectivity index (χ4n) is 6.08. The molecule has 2 fully saturated rings. The third-order valence-electron chi connectivity index (χ3n) is 8.90. The van der Waals surface area contributed by atoms with E-state index in [1.54, 1.807) is 31.3 Å². The molecule has 6 rings (SSSR count). The number of rotatable bonds is 6. The Bertz CT molecular complexity index is 1680. The maximum absolute atomic E-state index is 14.1. The van der Waals surface area contributed by atoms with Crippen molar-refractivity contribution >= 4 is 34.6 Å². The molecule has 0 spiro atoms. The van der Waals surface area contributed by atoms with E-state index in [0.717, 1.165) is 11.0 Å². The van der Waals surface area contributed by atoms with Crippen molar-refractivity contribution in [2.45, 2.75) is 46.1 Å². The number of anilines is 1. The van der Waals surface area contributed by atoms with Crippen LogP contribution in [0.15, 0.2) is 66.9 Å². The van der Waals surface area contributed by atoms with Crippen molar-refractivity contribution in [2.24, 2.45) is 10.8 Å². The molecule has 2 aromatic heterocycles. The van der Waals surface area contributed by atoms with Crippen molar-refractivity contribution in [1.29, 1.82) is 0 Å². The van der Waals surface area contributed by atoms with Gasteiger partial charge in [-0.3, -0.25) is 19.1 Å². The van der Waals surface area contributed by atoms with E-state index in [1.165, 1.54) is 0 Å². The summed E-state index contributed by atoms with van der Waals surface area (Å²) < 4.78 is 13.0. The number of pyridine rings is 1. The Kier molecular flexibility index (Phi) is 5.80. The van der Waals surface area contributed by atoms with Gasteiger partial charge < -0.3 is 14.8 Å². The van der Waals surface area contributed by atoms with Crippen molar-refractivity contribution in [3.63, 3.8) is 0 Å². The zero-order chi connectivity index (χ0) is 28.3. The number of hydrogen-bond donors (Lipinski definition) is 1. The van der Waals surface area contributed by atoms with Crippen molar-refractivity contribution in [3.05, 3.63) is 72.4 Å². The maximum Gasteiger partial charge on any atom is 0.338 e. The first-order valence-corrected chi connectivity index (χ1v) is 13.4. The summed E-state index contributed by atoms with van der Waals surface area (Å²) in [5, 5.41) is 3.04. The lowest BCUT2D eigenvalue weighted by atomic mass is 9.66. The highest BCUT2D eigenvalue weighted by atomic mass is 16.6. The molecule has 1 amide bonds. The highest BCUT2D eigenvalue weighted by Gasteiger charge is 2.75. The van der Waals surface area contributed by atoms with Crippen LogP contribution in [0.25, 0.3) is 28.2 Å². The third kappa shape index (κ3) is 3.50. The molecule has 4 aromatic rings. The molecule has 9 heteroatoms. The van der Waals surface area contributed by atoms with Gasteiger partial charge in [-0.25, -0.2) is 9.78 Å². The number of aromatic nitrogens is 3. The van der Waals surface area contributed by atoms with Crippen LogP contribution in [0.2, 0.25) is 0 Å². The van der Waals surface area contributed by atoms with Gasteiger partial charge in [0.15, 0.2) is 11.4 Å². The Morgan fingerprint density at radius 2 is 1.82 bits per heavy atom. The second-order valence-corrected chi connectivity index (χ2v) is 11.1. The van der Waals surface area contributed by atoms with E-state index in [-0.39, 0.29) is 18.1 Å². The average molecular weight is 539 g/mol. The van der Waals surface area contributed by atoms with E-state index < -0.39 is 28.3 Å². The quantitative estimate of drug-likeness (QED) is 0.331. The summed E-state index contributed by atoms with van der Waals surface area (Å²) in [6, 6.07) is 18.2. The number of nitrogens with zero attached hydrogens (tertiary/aromatic N) is 3. The SMILES string of the molecule is CCOC(=O)c1ccc(-n2c(-c3ccccn3)nc3ccccc32)c(NC(=O)[C@@]23CC[C@@](C)(C(=O)O2)C3(C)C)c1. The molecule has 2 atom stereocenters. The highest BCUT2D eigenvalue weighted by Crippen LogP contribution is 2.65. The van der Waals surface area contributed by atoms with Crippen LogP contribution in [0.4, 0.5) is 5.69 Å². The van der Waals surface area contributed by atoms with Crippen molar-refractivity contribution < 1.29 is 23.9 Å². The van der Waals surface area contributed by atoms with E-state index >= 15 is 0 Å². The fraction of sp³-hybridized carbons (Fsp3) is 0.323. The summed E-state index contributed by atoms with van der Waals surface area (Å²) in [5.74, 6) is -0.736. The monoisotopic (exact) mass is 538 g/mol. The number of esters is 2. The molecular formula is C31H30N4O5. The average Bonchev–Trinajstić information content (AvgIpc) is 3.48. The Hall–Kier alpha value is -4.53. The van der Waals surface area contributed by atoms with Crippen LogP contribution in [0, 0.1) is 10.8 Å². The second-order valence-electron chi connectivity index (χ2n) is 11.1. The second kappa shape index (κ2) is 9.01. The smallest absolute Gasteiger partial charge is 0.338 e. The number of hydrogen-bond acceptors (Lipinski definition) is 7. The van der Waals surface area contributed by atoms with Crippen LogP contribution in [0.3, 0.4) is 0 Å². The van der Waals surface area contributed by atoms with Crippen LogP contribution < -0.4 is 5.32 Å². The number of para-hydroxylation sites is 2. The van der Waals surface area contributed by atoms with Crippen molar-refractivity contribution in [2.75, 3.05) is 11.9 Å². The molecule has 1 aliphatic carbocycles. The number of amides is 1. The molecular weight excluding hydrogens is 508 g/mol. The molecule has 2 aliphatic rings. The lowest BCUT2D eigenvalue weighted by molar-refractivity contribution is -0.165. The van der Waals surface area contributed by atoms with Gasteiger partial charge in [0, 0.05) is 11.6 Å². The zero-order valence-corrected chi connectivity index (χ0v) is 22.9. The molecule has 2 aromatic carbocycles. The van der Waals surface area contributed by atoms with Gasteiger partial charge in [-0.2, -0.15) is 0 Å². The van der Waals surface area contributed by atoms with Crippen LogP contribution in [-0.2, 0) is 19.1 Å². The molecule has 0 radical (unpaired) electrons. The number of carbonyl (C=O) groups is 3. The molecule has 1 N–H and O–H groups in total. The lowest BCUT2D eigenvalue weighted by Gasteiger charge is -2.35. The molecule has 40 heavy (non-hydrogen) atoms. The van der Waals surface area contributed by atoms with Crippen LogP contribution in [0.1, 0.15) is 50.9 Å². The van der Waals surface area contributed by atoms with Gasteiger partial charge in [-0.1, -0.05) is 32.0 Å². The van der Waals surface area contributed by atoms with Crippen LogP contribution >= 0.6 is 0 Å². The Balaban J connectivity index is 1.53. The minimum Gasteiger partial charge on any atom is -0.462 e. The normalized spacial score (nSPS) is 22.8. The van der Waals surface area contributed by atoms with Crippen LogP contribution in [0.5, 0.6) is 0 Å². The summed E-state index contributed by atoms with van der Waals surface area (Å²) in [6.07, 6.45) is 2.66. The number of benzene rings is 2. The molecule has 2 bridgehead atoms. The molecule has 9 nitrogen and oxygen atoms in total. The van der Waals surface area contributed by atoms with E-state index in [2.05, 4.69) is 10.3 Å². The minimum absolute atomic E-state index is 0.212. The topological polar surface area (TPSA) is 112 Å². The number of imidazole rings is 1. The zero-order valence-electron chi connectivity index (χ0n) is 22.9. The van der Waals surface area contributed by atoms with Crippen LogP contribution in [-0.4, -0.2) is 44.6 Å². The molecule has 1 saturated heterocycles. The van der Waals surface area contributed by atoms with Gasteiger partial charge >= 0.3 is 11.9 Å². The van der Waals surface area contributed by atoms with E-state index in [4.69, 9.17) is 14.5 Å². The van der Waals surface area contributed by atoms with Gasteiger partial charge in [0.1, 0.15) is 5.69 Å². The summed E-state index contributed by atoms with van der Waals surface area (Å²) in [7, 11) is 0. The maximum atomic E-state index is 14.1. The molecule has 1 saturated carbocycles. The standard InChI is InChI=1S/C31H30N4O5/c1-5-39-26(36)19-13-14-24(35-23-12-7-6-10-20(23)33-25(35)21-11-8-9-17-32-21)22(18-19)34-27(37)31-16-15-30(4,28(38)40-31)29(31,2)3/h6-14,17-18H,5,15-16H2,1-4H3,(H,34,37)/t30-,31+/m0/s1. The van der Waals surface area contributed by atoms with Crippen molar-refractivity contribution in [1.82, 2.24) is 14.5 Å². The first kappa shape index (κ1) is 25.7. The van der Waals surface area contributed by atoms with E-state index in [9.17, 15) is 14.4 Å². The van der Waals surface area contributed by atoms with Gasteiger partial charge in [-0.05, 0) is 69.2 Å². The van der Waals surface area contributed by atoms with Crippen molar-refractivity contribution in [3.8, 4) is 17.2 Å². The summed E-state index contributed by atoms with van der Waals surface area (Å²) >= 11 is 0. The predicted molar refractivity (Wildman–Crippen MR) is 149 cm³/mol. The van der Waals surface area contributed by atoms with Gasteiger partial charge in [0.2, 0.25) is 0 Å². The minimum atomic E-state index is -1.34. The molecule has 1 aliphatic heterocycles. The fourth-order valence-corrected chi connectivity index (χ4v) is 6.08. The largest absolute Gasteiger partial charge is 0.462 e.